The van der Waals surface area contributed by atoms with Crippen LogP contribution in [0, 0.1) is 0 Å². The van der Waals surface area contributed by atoms with Crippen molar-refractivity contribution in [1.29, 1.82) is 0 Å². The molecule has 106 valence electrons. The molecule has 1 N–H and O–H groups in total. The van der Waals surface area contributed by atoms with E-state index in [1.165, 1.54) is 62.6 Å². The first-order valence-corrected chi connectivity index (χ1v) is 8.12. The third-order valence-corrected chi connectivity index (χ3v) is 4.31. The van der Waals surface area contributed by atoms with Crippen LogP contribution in [-0.2, 0) is 6.42 Å². The molecule has 0 saturated heterocycles. The Morgan fingerprint density at radius 2 is 1.84 bits per heavy atom. The Labute approximate surface area is 118 Å². The van der Waals surface area contributed by atoms with E-state index in [2.05, 4.69) is 43.4 Å². The number of benzene rings is 1. The van der Waals surface area contributed by atoms with Gasteiger partial charge < -0.3 is 5.32 Å². The number of unbranched alkanes of at least 4 members (excludes halogenated alkanes) is 2. The van der Waals surface area contributed by atoms with Crippen molar-refractivity contribution in [2.75, 3.05) is 6.54 Å². The van der Waals surface area contributed by atoms with Gasteiger partial charge in [0.25, 0.3) is 0 Å². The summed E-state index contributed by atoms with van der Waals surface area (Å²) in [5.74, 6) is 0.697. The predicted octanol–water partition coefficient (Wildman–Crippen LogP) is 4.66. The Balaban J connectivity index is 1.59. The standard InChI is InChI=1S/C18H29N/c1-3-15(2)17-10-8-16(9-11-17)7-5-4-6-14-19-18-12-13-18/h8-11,15,18-19H,3-7,12-14H2,1-2H3. The van der Waals surface area contributed by atoms with Gasteiger partial charge in [-0.2, -0.15) is 0 Å². The zero-order valence-electron chi connectivity index (χ0n) is 12.6. The minimum absolute atomic E-state index is 0.697. The molecular formula is C18H29N. The van der Waals surface area contributed by atoms with Crippen LogP contribution in [0.15, 0.2) is 24.3 Å². The monoisotopic (exact) mass is 259 g/mol. The summed E-state index contributed by atoms with van der Waals surface area (Å²) in [7, 11) is 0. The maximum absolute atomic E-state index is 3.58. The first-order valence-electron chi connectivity index (χ1n) is 8.12. The van der Waals surface area contributed by atoms with Crippen molar-refractivity contribution in [3.05, 3.63) is 35.4 Å². The number of nitrogens with one attached hydrogen (secondary N) is 1. The van der Waals surface area contributed by atoms with Crippen LogP contribution in [-0.4, -0.2) is 12.6 Å². The zero-order chi connectivity index (χ0) is 13.5. The maximum atomic E-state index is 3.58. The van der Waals surface area contributed by atoms with Gasteiger partial charge >= 0.3 is 0 Å². The summed E-state index contributed by atoms with van der Waals surface area (Å²) in [5.41, 5.74) is 2.99. The van der Waals surface area contributed by atoms with E-state index < -0.39 is 0 Å². The van der Waals surface area contributed by atoms with Crippen LogP contribution in [0.2, 0.25) is 0 Å². The first kappa shape index (κ1) is 14.6. The molecule has 0 spiro atoms. The SMILES string of the molecule is CCC(C)c1ccc(CCCCCNC2CC2)cc1. The lowest BCUT2D eigenvalue weighted by Gasteiger charge is -2.09. The summed E-state index contributed by atoms with van der Waals surface area (Å²) in [5, 5.41) is 3.58. The quantitative estimate of drug-likeness (QED) is 0.636. The maximum Gasteiger partial charge on any atom is 0.00682 e. The van der Waals surface area contributed by atoms with Gasteiger partial charge in [-0.1, -0.05) is 44.5 Å². The molecule has 0 aliphatic heterocycles. The molecule has 0 radical (unpaired) electrons. The highest BCUT2D eigenvalue weighted by Crippen LogP contribution is 2.20. The molecule has 0 bridgehead atoms. The van der Waals surface area contributed by atoms with Gasteiger partial charge in [-0.15, -0.1) is 0 Å². The Kier molecular flexibility index (Phi) is 5.91. The second-order valence-electron chi connectivity index (χ2n) is 6.09. The van der Waals surface area contributed by atoms with E-state index in [1.807, 2.05) is 0 Å². The van der Waals surface area contributed by atoms with Crippen molar-refractivity contribution in [3.8, 4) is 0 Å². The zero-order valence-corrected chi connectivity index (χ0v) is 12.6. The number of aryl methyl sites for hydroxylation is 1. The van der Waals surface area contributed by atoms with Crippen LogP contribution >= 0.6 is 0 Å². The molecule has 0 aromatic heterocycles. The van der Waals surface area contributed by atoms with Crippen molar-refractivity contribution in [2.45, 2.75) is 70.8 Å². The third-order valence-electron chi connectivity index (χ3n) is 4.31. The van der Waals surface area contributed by atoms with Crippen molar-refractivity contribution in [2.24, 2.45) is 0 Å². The first-order chi connectivity index (χ1) is 9.29. The van der Waals surface area contributed by atoms with E-state index in [-0.39, 0.29) is 0 Å². The summed E-state index contributed by atoms with van der Waals surface area (Å²) in [6, 6.07) is 10.2. The fourth-order valence-corrected chi connectivity index (χ4v) is 2.47. The van der Waals surface area contributed by atoms with Crippen LogP contribution in [0.1, 0.15) is 69.4 Å². The Bertz CT molecular complexity index is 350. The third kappa shape index (κ3) is 5.36. The van der Waals surface area contributed by atoms with E-state index in [9.17, 15) is 0 Å². The minimum atomic E-state index is 0.697. The van der Waals surface area contributed by atoms with Gasteiger partial charge in [0.15, 0.2) is 0 Å². The highest BCUT2D eigenvalue weighted by Gasteiger charge is 2.19. The normalized spacial score (nSPS) is 16.5. The topological polar surface area (TPSA) is 12.0 Å². The molecule has 1 heteroatoms. The van der Waals surface area contributed by atoms with Crippen molar-refractivity contribution >= 4 is 0 Å². The molecule has 0 amide bonds. The molecule has 1 atom stereocenters. The second-order valence-corrected chi connectivity index (χ2v) is 6.09. The van der Waals surface area contributed by atoms with Gasteiger partial charge in [-0.25, -0.2) is 0 Å². The highest BCUT2D eigenvalue weighted by molar-refractivity contribution is 5.25. The molecule has 1 aliphatic carbocycles. The average Bonchev–Trinajstić information content (AvgIpc) is 3.26. The lowest BCUT2D eigenvalue weighted by molar-refractivity contribution is 0.600. The molecule has 1 nitrogen and oxygen atoms in total. The van der Waals surface area contributed by atoms with Crippen molar-refractivity contribution < 1.29 is 0 Å². The average molecular weight is 259 g/mol. The smallest absolute Gasteiger partial charge is 0.00682 e. The fourth-order valence-electron chi connectivity index (χ4n) is 2.47. The van der Waals surface area contributed by atoms with Gasteiger partial charge in [0.05, 0.1) is 0 Å². The molecule has 1 unspecified atom stereocenters. The van der Waals surface area contributed by atoms with Gasteiger partial charge in [0.1, 0.15) is 0 Å². The molecule has 19 heavy (non-hydrogen) atoms. The van der Waals surface area contributed by atoms with Crippen LogP contribution in [0.4, 0.5) is 0 Å². The van der Waals surface area contributed by atoms with Crippen molar-refractivity contribution in [3.63, 3.8) is 0 Å². The van der Waals surface area contributed by atoms with Gasteiger partial charge in [-0.05, 0) is 62.1 Å². The van der Waals surface area contributed by atoms with E-state index in [4.69, 9.17) is 0 Å². The van der Waals surface area contributed by atoms with Crippen molar-refractivity contribution in [1.82, 2.24) is 5.32 Å². The Morgan fingerprint density at radius 3 is 2.47 bits per heavy atom. The van der Waals surface area contributed by atoms with E-state index in [0.717, 1.165) is 6.04 Å². The molecule has 2 rings (SSSR count). The molecule has 1 saturated carbocycles. The lowest BCUT2D eigenvalue weighted by Crippen LogP contribution is -2.17. The summed E-state index contributed by atoms with van der Waals surface area (Å²) < 4.78 is 0. The second kappa shape index (κ2) is 7.69. The molecule has 1 aliphatic rings. The Morgan fingerprint density at radius 1 is 1.11 bits per heavy atom. The number of hydrogen-bond donors (Lipinski definition) is 1. The number of rotatable bonds is 9. The van der Waals surface area contributed by atoms with E-state index in [1.54, 1.807) is 0 Å². The molecular weight excluding hydrogens is 230 g/mol. The van der Waals surface area contributed by atoms with Gasteiger partial charge in [0, 0.05) is 6.04 Å². The summed E-state index contributed by atoms with van der Waals surface area (Å²) in [6.45, 7) is 5.79. The van der Waals surface area contributed by atoms with E-state index in [0.29, 0.717) is 5.92 Å². The fraction of sp³-hybridized carbons (Fsp3) is 0.667. The van der Waals surface area contributed by atoms with Gasteiger partial charge in [0.2, 0.25) is 0 Å². The molecule has 1 aromatic carbocycles. The summed E-state index contributed by atoms with van der Waals surface area (Å²) in [4.78, 5) is 0. The van der Waals surface area contributed by atoms with Crippen LogP contribution < -0.4 is 5.32 Å². The summed E-state index contributed by atoms with van der Waals surface area (Å²) >= 11 is 0. The van der Waals surface area contributed by atoms with Crippen LogP contribution in [0.5, 0.6) is 0 Å². The molecule has 1 aromatic rings. The summed E-state index contributed by atoms with van der Waals surface area (Å²) in [6.07, 6.45) is 9.30. The Hall–Kier alpha value is -0.820. The predicted molar refractivity (Wildman–Crippen MR) is 83.7 cm³/mol. The van der Waals surface area contributed by atoms with Crippen LogP contribution in [0.3, 0.4) is 0 Å². The largest absolute Gasteiger partial charge is 0.314 e. The number of hydrogen-bond acceptors (Lipinski definition) is 1. The minimum Gasteiger partial charge on any atom is -0.314 e. The van der Waals surface area contributed by atoms with Crippen LogP contribution in [0.25, 0.3) is 0 Å². The van der Waals surface area contributed by atoms with E-state index >= 15 is 0 Å². The highest BCUT2D eigenvalue weighted by atomic mass is 14.9. The molecule has 0 heterocycles. The molecule has 1 fully saturated rings. The lowest BCUT2D eigenvalue weighted by atomic mass is 9.96. The van der Waals surface area contributed by atoms with Gasteiger partial charge in [-0.3, -0.25) is 0 Å².